The van der Waals surface area contributed by atoms with Gasteiger partial charge in [0.25, 0.3) is 5.69 Å². The van der Waals surface area contributed by atoms with E-state index in [4.69, 9.17) is 0 Å². The molecule has 1 aromatic carbocycles. The monoisotopic (exact) mass is 346 g/mol. The van der Waals surface area contributed by atoms with Crippen molar-refractivity contribution in [2.75, 3.05) is 0 Å². The third-order valence-electron chi connectivity index (χ3n) is 3.36. The van der Waals surface area contributed by atoms with E-state index in [9.17, 15) is 10.1 Å². The van der Waals surface area contributed by atoms with E-state index in [-0.39, 0.29) is 27.7 Å². The largest absolute Gasteiger partial charge is 2.00 e. The number of fused-ring (bicyclic) bond motifs is 1. The van der Waals surface area contributed by atoms with Crippen LogP contribution in [-0.4, -0.2) is 9.49 Å². The normalized spacial score (nSPS) is 17.6. The molecule has 0 saturated heterocycles. The van der Waals surface area contributed by atoms with E-state index in [1.807, 2.05) is 74.6 Å². The molecule has 10 radical (unpaired) electrons. The predicted octanol–water partition coefficient (Wildman–Crippen LogP) is 3.78. The average Bonchev–Trinajstić information content (AvgIpc) is 3.27. The standard InChI is InChI=1S/C13H9N2O2.C5H5.Fe/c16-15(17)12-5-6-13-10(9-12)7-8-14(13)11-3-1-2-4-11;1-2-4-5-3-1;/h1-9H;1-5H;/q;;+2. The van der Waals surface area contributed by atoms with E-state index in [2.05, 4.69) is 0 Å². The van der Waals surface area contributed by atoms with E-state index in [1.54, 1.807) is 12.1 Å². The minimum Gasteiger partial charge on any atom is -0.338 e. The number of aromatic nitrogens is 1. The molecule has 0 spiro atoms. The van der Waals surface area contributed by atoms with Crippen LogP contribution in [-0.2, 0) is 17.1 Å². The zero-order valence-corrected chi connectivity index (χ0v) is 13.3. The summed E-state index contributed by atoms with van der Waals surface area (Å²) in [6, 6.07) is 7.85. The number of nitrogens with zero attached hydrogens (tertiary/aromatic N) is 2. The first-order valence-corrected chi connectivity index (χ1v) is 6.90. The Hall–Kier alpha value is -1.32. The minimum absolute atomic E-state index is 0. The maximum absolute atomic E-state index is 10.7. The van der Waals surface area contributed by atoms with Crippen molar-refractivity contribution in [1.82, 2.24) is 4.57 Å². The first-order chi connectivity index (χ1) is 10.8. The van der Waals surface area contributed by atoms with Crippen LogP contribution in [0.2, 0.25) is 0 Å². The molecule has 0 N–H and O–H groups in total. The molecule has 0 bridgehead atoms. The van der Waals surface area contributed by atoms with Crippen LogP contribution in [0.5, 0.6) is 0 Å². The minimum atomic E-state index is -0.376. The molecule has 5 heteroatoms. The molecule has 2 aliphatic rings. The van der Waals surface area contributed by atoms with Crippen LogP contribution in [0.4, 0.5) is 5.69 Å². The van der Waals surface area contributed by atoms with Gasteiger partial charge in [-0.25, -0.2) is 0 Å². The zero-order valence-electron chi connectivity index (χ0n) is 12.1. The Balaban J connectivity index is 0.000000276. The van der Waals surface area contributed by atoms with Gasteiger partial charge in [0.1, 0.15) is 0 Å². The van der Waals surface area contributed by atoms with Crippen molar-refractivity contribution >= 4 is 16.6 Å². The molecule has 0 aliphatic heterocycles. The topological polar surface area (TPSA) is 48.1 Å². The van der Waals surface area contributed by atoms with Gasteiger partial charge in [-0.15, -0.1) is 0 Å². The summed E-state index contributed by atoms with van der Waals surface area (Å²) in [6.45, 7) is 0. The number of rotatable bonds is 2. The maximum atomic E-state index is 10.7. The molecule has 4 nitrogen and oxygen atoms in total. The summed E-state index contributed by atoms with van der Waals surface area (Å²) in [5, 5.41) is 11.6. The van der Waals surface area contributed by atoms with Gasteiger partial charge in [0.2, 0.25) is 0 Å². The van der Waals surface area contributed by atoms with Crippen LogP contribution in [0.1, 0.15) is 0 Å². The molecule has 0 amide bonds. The number of nitro groups is 1. The van der Waals surface area contributed by atoms with Gasteiger partial charge >= 0.3 is 17.1 Å². The summed E-state index contributed by atoms with van der Waals surface area (Å²) in [4.78, 5) is 10.3. The number of nitro benzene ring substituents is 1. The van der Waals surface area contributed by atoms with Crippen molar-refractivity contribution in [1.29, 1.82) is 0 Å². The number of non-ortho nitro benzene ring substituents is 1. The van der Waals surface area contributed by atoms with Gasteiger partial charge in [-0.05, 0) is 69.9 Å². The Morgan fingerprint density at radius 2 is 1.48 bits per heavy atom. The van der Waals surface area contributed by atoms with Gasteiger partial charge in [0, 0.05) is 29.2 Å². The summed E-state index contributed by atoms with van der Waals surface area (Å²) >= 11 is 0. The summed E-state index contributed by atoms with van der Waals surface area (Å²) in [7, 11) is 0. The van der Waals surface area contributed by atoms with Gasteiger partial charge in [-0.1, -0.05) is 0 Å². The van der Waals surface area contributed by atoms with Gasteiger partial charge < -0.3 is 4.57 Å². The second-order valence-electron chi connectivity index (χ2n) is 4.79. The molecule has 2 aliphatic carbocycles. The molecule has 0 unspecified atom stereocenters. The molecule has 0 atom stereocenters. The van der Waals surface area contributed by atoms with Crippen molar-refractivity contribution in [3.05, 3.63) is 104 Å². The molecule has 114 valence electrons. The van der Waals surface area contributed by atoms with Crippen molar-refractivity contribution in [3.63, 3.8) is 0 Å². The maximum Gasteiger partial charge on any atom is 2.00 e. The second kappa shape index (κ2) is 8.51. The van der Waals surface area contributed by atoms with Crippen LogP contribution in [0, 0.1) is 73.9 Å². The van der Waals surface area contributed by atoms with E-state index in [0.717, 1.165) is 16.9 Å². The Labute approximate surface area is 147 Å². The molecule has 4 rings (SSSR count). The molecule has 23 heavy (non-hydrogen) atoms. The van der Waals surface area contributed by atoms with Crippen molar-refractivity contribution < 1.29 is 22.0 Å². The SMILES string of the molecule is O=[N+]([O-])c1ccc2c(ccn2[C]2[CH][CH][CH][CH]2)c1.[CH]1[CH][CH][CH][CH]1.[Fe+2]. The van der Waals surface area contributed by atoms with E-state index >= 15 is 0 Å². The Bertz CT molecular complexity index is 636. The van der Waals surface area contributed by atoms with E-state index < -0.39 is 0 Å². The van der Waals surface area contributed by atoms with E-state index in [0.29, 0.717) is 0 Å². The molecule has 1 heterocycles. The third kappa shape index (κ3) is 4.36. The van der Waals surface area contributed by atoms with Crippen LogP contribution in [0.15, 0.2) is 30.5 Å². The van der Waals surface area contributed by atoms with Crippen molar-refractivity contribution in [3.8, 4) is 0 Å². The average molecular weight is 346 g/mol. The summed E-state index contributed by atoms with van der Waals surface area (Å²) in [5.41, 5.74) is 1.10. The first-order valence-electron chi connectivity index (χ1n) is 6.90. The van der Waals surface area contributed by atoms with Crippen LogP contribution in [0.3, 0.4) is 0 Å². The first kappa shape index (κ1) is 18.0. The number of hydrogen-bond donors (Lipinski definition) is 0. The van der Waals surface area contributed by atoms with E-state index in [1.165, 1.54) is 6.07 Å². The van der Waals surface area contributed by atoms with Gasteiger partial charge in [0.05, 0.1) is 11.0 Å². The number of benzene rings is 1. The number of hydrogen-bond acceptors (Lipinski definition) is 2. The zero-order chi connectivity index (χ0) is 15.4. The smallest absolute Gasteiger partial charge is 0.338 e. The quantitative estimate of drug-likeness (QED) is 0.472. The molecule has 2 aromatic rings. The van der Waals surface area contributed by atoms with Crippen LogP contribution in [0.25, 0.3) is 10.9 Å². The fourth-order valence-corrected chi connectivity index (χ4v) is 2.31. The summed E-state index contributed by atoms with van der Waals surface area (Å²) in [5.74, 6) is 0. The Morgan fingerprint density at radius 1 is 0.870 bits per heavy atom. The van der Waals surface area contributed by atoms with Crippen LogP contribution >= 0.6 is 0 Å². The summed E-state index contributed by atoms with van der Waals surface area (Å²) < 4.78 is 2.01. The Morgan fingerprint density at radius 3 is 2.04 bits per heavy atom. The molecular formula is C18H14FeN2O2+2. The van der Waals surface area contributed by atoms with Crippen LogP contribution < -0.4 is 0 Å². The molecular weight excluding hydrogens is 332 g/mol. The van der Waals surface area contributed by atoms with Crippen molar-refractivity contribution in [2.24, 2.45) is 0 Å². The van der Waals surface area contributed by atoms with Crippen molar-refractivity contribution in [2.45, 2.75) is 0 Å². The fraction of sp³-hybridized carbons (Fsp3) is 0. The predicted molar refractivity (Wildman–Crippen MR) is 85.9 cm³/mol. The third-order valence-corrected chi connectivity index (χ3v) is 3.36. The fourth-order valence-electron chi connectivity index (χ4n) is 2.31. The van der Waals surface area contributed by atoms with Gasteiger partial charge in [-0.3, -0.25) is 10.1 Å². The Kier molecular flexibility index (Phi) is 6.67. The van der Waals surface area contributed by atoms with Gasteiger partial charge in [-0.2, -0.15) is 0 Å². The van der Waals surface area contributed by atoms with Gasteiger partial charge in [0.15, 0.2) is 0 Å². The second-order valence-corrected chi connectivity index (χ2v) is 4.79. The molecule has 2 fully saturated rings. The molecule has 1 aromatic heterocycles. The summed E-state index contributed by atoms with van der Waals surface area (Å²) in [6.07, 6.45) is 19.9. The molecule has 2 saturated carbocycles.